The third kappa shape index (κ3) is 5.66. The number of benzene rings is 1. The Labute approximate surface area is 164 Å². The van der Waals surface area contributed by atoms with Gasteiger partial charge in [-0.2, -0.15) is 0 Å². The van der Waals surface area contributed by atoms with Gasteiger partial charge in [-0.3, -0.25) is 0 Å². The van der Waals surface area contributed by atoms with Gasteiger partial charge in [0, 0.05) is 0 Å². The molecule has 0 saturated heterocycles. The standard InChI is InChI=1S/C6Cl10O2Si2/c7-1-2(8)4(10)6(18-20(14,15)16)5(3(1)9)17-19(11,12)13. The molecule has 0 heterocycles. The second-order valence-electron chi connectivity index (χ2n) is 3.01. The molecule has 0 amide bonds. The van der Waals surface area contributed by atoms with Gasteiger partial charge in [0.05, 0.1) is 10.0 Å². The molecule has 0 aliphatic carbocycles. The molecule has 2 nitrogen and oxygen atoms in total. The largest absolute Gasteiger partial charge is 0.555 e. The Morgan fingerprint density at radius 1 is 0.500 bits per heavy atom. The van der Waals surface area contributed by atoms with E-state index in [-0.39, 0.29) is 31.6 Å². The lowest BCUT2D eigenvalue weighted by Crippen LogP contribution is -2.24. The van der Waals surface area contributed by atoms with E-state index < -0.39 is 12.5 Å². The van der Waals surface area contributed by atoms with E-state index in [4.69, 9.17) is 122 Å². The van der Waals surface area contributed by atoms with E-state index in [0.29, 0.717) is 0 Å². The van der Waals surface area contributed by atoms with Crippen molar-refractivity contribution in [1.82, 2.24) is 0 Å². The molecule has 0 atom stereocenters. The Kier molecular flexibility index (Phi) is 7.44. The fourth-order valence-corrected chi connectivity index (χ4v) is 4.27. The van der Waals surface area contributed by atoms with Crippen LogP contribution in [0.2, 0.25) is 20.1 Å². The Balaban J connectivity index is 3.52. The topological polar surface area (TPSA) is 18.5 Å². The maximum absolute atomic E-state index is 5.96. The molecule has 1 aromatic rings. The van der Waals surface area contributed by atoms with E-state index in [1.165, 1.54) is 0 Å². The number of hydrogen-bond donors (Lipinski definition) is 0. The van der Waals surface area contributed by atoms with Crippen molar-refractivity contribution in [3.05, 3.63) is 20.1 Å². The molecule has 14 heteroatoms. The van der Waals surface area contributed by atoms with Crippen LogP contribution in [0.25, 0.3) is 0 Å². The van der Waals surface area contributed by atoms with E-state index in [1.54, 1.807) is 0 Å². The summed E-state index contributed by atoms with van der Waals surface area (Å²) < 4.78 is 10.2. The fraction of sp³-hybridized carbons (Fsp3) is 0. The van der Waals surface area contributed by atoms with Gasteiger partial charge in [0.25, 0.3) is 0 Å². The molecule has 0 N–H and O–H groups in total. The molecule has 1 rings (SSSR count). The Hall–Kier alpha value is 2.15. The van der Waals surface area contributed by atoms with Gasteiger partial charge in [0.1, 0.15) is 10.0 Å². The molecule has 0 aromatic heterocycles. The molecular formula is C6Cl10O2Si2. The van der Waals surface area contributed by atoms with Crippen molar-refractivity contribution >= 4 is 125 Å². The van der Waals surface area contributed by atoms with Gasteiger partial charge in [-0.05, 0) is 0 Å². The van der Waals surface area contributed by atoms with Crippen LogP contribution in [0, 0.1) is 0 Å². The molecule has 0 spiro atoms. The summed E-state index contributed by atoms with van der Waals surface area (Å²) in [5, 5.41) is -0.596. The summed E-state index contributed by atoms with van der Waals surface area (Å²) in [7, 11) is 0. The Morgan fingerprint density at radius 3 is 0.950 bits per heavy atom. The van der Waals surface area contributed by atoms with Crippen molar-refractivity contribution in [3.8, 4) is 11.5 Å². The third-order valence-electron chi connectivity index (χ3n) is 1.62. The van der Waals surface area contributed by atoms with E-state index in [1.807, 2.05) is 0 Å². The summed E-state index contributed by atoms with van der Waals surface area (Å²) in [4.78, 5) is 0. The van der Waals surface area contributed by atoms with Gasteiger partial charge in [-0.15, -0.1) is 0 Å². The lowest BCUT2D eigenvalue weighted by molar-refractivity contribution is 0.524. The third-order valence-corrected chi connectivity index (χ3v) is 5.65. The minimum atomic E-state index is -3.62. The minimum absolute atomic E-state index is 0.116. The molecule has 0 aliphatic rings. The summed E-state index contributed by atoms with van der Waals surface area (Å²) in [6.07, 6.45) is -7.24. The molecule has 0 saturated carbocycles. The van der Waals surface area contributed by atoms with Crippen molar-refractivity contribution in [2.45, 2.75) is 0 Å². The van der Waals surface area contributed by atoms with E-state index in [9.17, 15) is 0 Å². The molecule has 0 bridgehead atoms. The van der Waals surface area contributed by atoms with Crippen LogP contribution >= 0.6 is 113 Å². The van der Waals surface area contributed by atoms with Crippen LogP contribution in [0.5, 0.6) is 11.5 Å². The highest BCUT2D eigenvalue weighted by molar-refractivity contribution is 7.62. The summed E-state index contributed by atoms with van der Waals surface area (Å²) >= 11 is 57.6. The fourth-order valence-electron chi connectivity index (χ4n) is 1.01. The van der Waals surface area contributed by atoms with Gasteiger partial charge < -0.3 is 8.85 Å². The first-order valence-corrected chi connectivity index (χ1v) is 15.6. The van der Waals surface area contributed by atoms with Crippen molar-refractivity contribution in [3.63, 3.8) is 0 Å². The second kappa shape index (κ2) is 7.37. The van der Waals surface area contributed by atoms with Gasteiger partial charge in [0.15, 0.2) is 11.5 Å². The van der Waals surface area contributed by atoms with Crippen molar-refractivity contribution < 1.29 is 8.85 Å². The molecule has 20 heavy (non-hydrogen) atoms. The highest BCUT2D eigenvalue weighted by atomic mass is 35.8. The van der Waals surface area contributed by atoms with E-state index in [0.717, 1.165) is 0 Å². The zero-order chi connectivity index (χ0) is 15.9. The summed E-state index contributed by atoms with van der Waals surface area (Å²) in [6.45, 7) is 0. The van der Waals surface area contributed by atoms with Gasteiger partial charge >= 0.3 is 12.5 Å². The lowest BCUT2D eigenvalue weighted by atomic mass is 10.3. The average Bonchev–Trinajstić information content (AvgIpc) is 2.25. The predicted molar refractivity (Wildman–Crippen MR) is 94.4 cm³/mol. The molecule has 114 valence electrons. The summed E-state index contributed by atoms with van der Waals surface area (Å²) in [6, 6.07) is 0. The van der Waals surface area contributed by atoms with Crippen LogP contribution in [0.3, 0.4) is 0 Å². The highest BCUT2D eigenvalue weighted by Gasteiger charge is 2.38. The lowest BCUT2D eigenvalue weighted by Gasteiger charge is -2.22. The number of halogens is 10. The zero-order valence-electron chi connectivity index (χ0n) is 8.60. The Morgan fingerprint density at radius 2 is 0.750 bits per heavy atom. The molecular weight excluding hydrogens is 515 g/mol. The van der Waals surface area contributed by atoms with E-state index >= 15 is 0 Å². The molecule has 0 unspecified atom stereocenters. The van der Waals surface area contributed by atoms with Crippen LogP contribution in [0.1, 0.15) is 0 Å². The normalized spacial score (nSPS) is 12.5. The average molecular weight is 515 g/mol. The van der Waals surface area contributed by atoms with E-state index in [2.05, 4.69) is 0 Å². The monoisotopic (exact) mass is 510 g/mol. The van der Waals surface area contributed by atoms with Gasteiger partial charge in [0.2, 0.25) is 0 Å². The maximum atomic E-state index is 5.96. The highest BCUT2D eigenvalue weighted by Crippen LogP contribution is 2.52. The quantitative estimate of drug-likeness (QED) is 0.181. The SMILES string of the molecule is Clc1c(Cl)c(Cl)c(O[Si](Cl)(Cl)Cl)c(O[Si](Cl)(Cl)Cl)c1Cl. The maximum Gasteiger partial charge on any atom is 0.555 e. The van der Waals surface area contributed by atoms with Gasteiger partial charge in [-0.1, -0.05) is 113 Å². The molecule has 0 aliphatic heterocycles. The minimum Gasteiger partial charge on any atom is -0.504 e. The van der Waals surface area contributed by atoms with Crippen molar-refractivity contribution in [2.75, 3.05) is 0 Å². The smallest absolute Gasteiger partial charge is 0.504 e. The first kappa shape index (κ1) is 20.2. The zero-order valence-corrected chi connectivity index (χ0v) is 18.2. The first-order valence-electron chi connectivity index (χ1n) is 4.21. The number of hydrogen-bond acceptors (Lipinski definition) is 2. The van der Waals surface area contributed by atoms with Crippen LogP contribution in [0.4, 0.5) is 0 Å². The van der Waals surface area contributed by atoms with Crippen molar-refractivity contribution in [1.29, 1.82) is 0 Å². The van der Waals surface area contributed by atoms with Crippen LogP contribution < -0.4 is 8.85 Å². The van der Waals surface area contributed by atoms with Crippen LogP contribution in [-0.2, 0) is 0 Å². The van der Waals surface area contributed by atoms with Crippen LogP contribution in [-0.4, -0.2) is 12.5 Å². The number of rotatable bonds is 4. The molecule has 1 aromatic carbocycles. The molecule has 0 radical (unpaired) electrons. The molecule has 0 fully saturated rings. The Bertz CT molecular complexity index is 477. The van der Waals surface area contributed by atoms with Crippen LogP contribution in [0.15, 0.2) is 0 Å². The first-order chi connectivity index (χ1) is 8.83. The second-order valence-corrected chi connectivity index (χ2v) is 19.8. The van der Waals surface area contributed by atoms with Crippen molar-refractivity contribution in [2.24, 2.45) is 0 Å². The predicted octanol–water partition coefficient (Wildman–Crippen LogP) is 7.36. The van der Waals surface area contributed by atoms with Gasteiger partial charge in [-0.25, -0.2) is 0 Å². The summed E-state index contributed by atoms with van der Waals surface area (Å²) in [5.41, 5.74) is 0. The summed E-state index contributed by atoms with van der Waals surface area (Å²) in [5.74, 6) is -0.506.